The molecule has 0 saturated heterocycles. The summed E-state index contributed by atoms with van der Waals surface area (Å²) in [7, 11) is -9.90. The van der Waals surface area contributed by atoms with Gasteiger partial charge in [-0.3, -0.25) is 37.3 Å². The van der Waals surface area contributed by atoms with E-state index in [2.05, 4.69) is 27.7 Å². The second-order valence-corrected chi connectivity index (χ2v) is 29.2. The molecule has 0 aromatic carbocycles. The first-order chi connectivity index (χ1) is 44.7. The molecule has 0 amide bonds. The topological polar surface area (TPSA) is 237 Å². The monoisotopic (exact) mass is 1350 g/mol. The van der Waals surface area contributed by atoms with E-state index in [-0.39, 0.29) is 25.7 Å². The Balaban J connectivity index is 5.18. The molecule has 0 radical (unpaired) electrons. The SMILES string of the molecule is CCCCCCCCCCCCCCCCCCCCCC(=O)O[C@H](COC(=O)CCCCCCCCCCCCCCCCC)COP(=O)(O)OC[C@@H](O)COP(=O)(O)OC[C@@H](COC(=O)CCCCCCCCCC)OC(=O)CCCCCCCCCCCC. The maximum Gasteiger partial charge on any atom is 0.472 e. The number of carbonyl (C=O) groups is 4. The summed E-state index contributed by atoms with van der Waals surface area (Å²) in [5.74, 6) is -2.12. The molecule has 0 aromatic rings. The molecule has 0 heterocycles. The lowest BCUT2D eigenvalue weighted by Gasteiger charge is -2.21. The predicted molar refractivity (Wildman–Crippen MR) is 372 cm³/mol. The summed E-state index contributed by atoms with van der Waals surface area (Å²) in [5, 5.41) is 10.6. The second-order valence-electron chi connectivity index (χ2n) is 26.3. The smallest absolute Gasteiger partial charge is 0.462 e. The number of aliphatic hydroxyl groups is 1. The molecule has 19 heteroatoms. The molecule has 0 saturated carbocycles. The molecule has 0 aliphatic rings. The molecule has 3 N–H and O–H groups in total. The highest BCUT2D eigenvalue weighted by molar-refractivity contribution is 7.47. The summed E-state index contributed by atoms with van der Waals surface area (Å²) in [6.45, 7) is 4.93. The van der Waals surface area contributed by atoms with Crippen molar-refractivity contribution in [3.63, 3.8) is 0 Å². The quantitative estimate of drug-likeness (QED) is 0.0222. The average molecular weight is 1350 g/mol. The zero-order valence-corrected chi connectivity index (χ0v) is 61.3. The minimum Gasteiger partial charge on any atom is -0.462 e. The summed E-state index contributed by atoms with van der Waals surface area (Å²) in [6, 6.07) is 0. The van der Waals surface area contributed by atoms with Crippen molar-refractivity contribution in [3.8, 4) is 0 Å². The van der Waals surface area contributed by atoms with Crippen LogP contribution in [-0.4, -0.2) is 96.7 Å². The highest BCUT2D eigenvalue weighted by Gasteiger charge is 2.30. The third-order valence-corrected chi connectivity index (χ3v) is 19.0. The van der Waals surface area contributed by atoms with E-state index in [1.807, 2.05) is 0 Å². The Morgan fingerprint density at radius 1 is 0.261 bits per heavy atom. The lowest BCUT2D eigenvalue weighted by Crippen LogP contribution is -2.30. The average Bonchev–Trinajstić information content (AvgIpc) is 3.56. The Kier molecular flexibility index (Phi) is 66.2. The number of phosphoric acid groups is 2. The molecule has 546 valence electrons. The summed E-state index contributed by atoms with van der Waals surface area (Å²) in [4.78, 5) is 72.5. The third-order valence-electron chi connectivity index (χ3n) is 17.1. The van der Waals surface area contributed by atoms with Crippen molar-refractivity contribution < 1.29 is 80.2 Å². The number of unbranched alkanes of at least 4 members (excludes halogenated alkanes) is 48. The van der Waals surface area contributed by atoms with Gasteiger partial charge in [0.1, 0.15) is 19.3 Å². The van der Waals surface area contributed by atoms with Crippen molar-refractivity contribution in [2.45, 2.75) is 406 Å². The molecule has 0 rings (SSSR count). The van der Waals surface area contributed by atoms with Gasteiger partial charge >= 0.3 is 39.5 Å². The predicted octanol–water partition coefficient (Wildman–Crippen LogP) is 21.4. The van der Waals surface area contributed by atoms with Crippen LogP contribution in [0.5, 0.6) is 0 Å². The van der Waals surface area contributed by atoms with Gasteiger partial charge in [-0.25, -0.2) is 9.13 Å². The maximum absolute atomic E-state index is 13.1. The van der Waals surface area contributed by atoms with Gasteiger partial charge in [0.2, 0.25) is 0 Å². The van der Waals surface area contributed by atoms with Crippen LogP contribution in [0.2, 0.25) is 0 Å². The summed E-state index contributed by atoms with van der Waals surface area (Å²) in [6.07, 6.45) is 56.9. The summed E-state index contributed by atoms with van der Waals surface area (Å²) >= 11 is 0. The van der Waals surface area contributed by atoms with Crippen molar-refractivity contribution in [3.05, 3.63) is 0 Å². The first-order valence-electron chi connectivity index (χ1n) is 38.3. The normalized spacial score (nSPS) is 13.9. The molecule has 92 heavy (non-hydrogen) atoms. The lowest BCUT2D eigenvalue weighted by molar-refractivity contribution is -0.161. The number of carbonyl (C=O) groups excluding carboxylic acids is 4. The fraction of sp³-hybridized carbons (Fsp3) is 0.945. The van der Waals surface area contributed by atoms with E-state index in [0.29, 0.717) is 25.7 Å². The Morgan fingerprint density at radius 3 is 0.641 bits per heavy atom. The lowest BCUT2D eigenvalue weighted by atomic mass is 10.0. The van der Waals surface area contributed by atoms with Crippen molar-refractivity contribution in [2.24, 2.45) is 0 Å². The van der Waals surface area contributed by atoms with Crippen LogP contribution in [0.1, 0.15) is 387 Å². The van der Waals surface area contributed by atoms with Gasteiger partial charge in [0.15, 0.2) is 12.2 Å². The number of aliphatic hydroxyl groups excluding tert-OH is 1. The van der Waals surface area contributed by atoms with E-state index in [9.17, 15) is 43.2 Å². The first kappa shape index (κ1) is 90.1. The van der Waals surface area contributed by atoms with Gasteiger partial charge in [-0.2, -0.15) is 0 Å². The van der Waals surface area contributed by atoms with Crippen LogP contribution >= 0.6 is 15.6 Å². The van der Waals surface area contributed by atoms with Gasteiger partial charge in [-0.15, -0.1) is 0 Å². The van der Waals surface area contributed by atoms with E-state index in [4.69, 9.17) is 37.0 Å². The molecule has 2 unspecified atom stereocenters. The summed E-state index contributed by atoms with van der Waals surface area (Å²) in [5.41, 5.74) is 0. The Hall–Kier alpha value is -1.94. The molecule has 17 nitrogen and oxygen atoms in total. The maximum atomic E-state index is 13.1. The van der Waals surface area contributed by atoms with Gasteiger partial charge in [0.05, 0.1) is 26.4 Å². The molecule has 0 aromatic heterocycles. The number of ether oxygens (including phenoxy) is 4. The van der Waals surface area contributed by atoms with Crippen LogP contribution in [0.15, 0.2) is 0 Å². The number of esters is 4. The number of hydrogen-bond acceptors (Lipinski definition) is 15. The largest absolute Gasteiger partial charge is 0.472 e. The van der Waals surface area contributed by atoms with Crippen LogP contribution in [0.25, 0.3) is 0 Å². The van der Waals surface area contributed by atoms with Crippen LogP contribution in [0, 0.1) is 0 Å². The first-order valence-corrected chi connectivity index (χ1v) is 41.3. The fourth-order valence-electron chi connectivity index (χ4n) is 11.2. The van der Waals surface area contributed by atoms with Gasteiger partial charge < -0.3 is 33.8 Å². The zero-order chi connectivity index (χ0) is 67.5. The van der Waals surface area contributed by atoms with Gasteiger partial charge in [0.25, 0.3) is 0 Å². The highest BCUT2D eigenvalue weighted by atomic mass is 31.2. The Labute approximate surface area is 562 Å². The van der Waals surface area contributed by atoms with Crippen LogP contribution in [0.3, 0.4) is 0 Å². The van der Waals surface area contributed by atoms with Gasteiger partial charge in [0, 0.05) is 25.7 Å². The molecule has 0 fully saturated rings. The minimum atomic E-state index is -4.95. The summed E-state index contributed by atoms with van der Waals surface area (Å²) < 4.78 is 68.3. The van der Waals surface area contributed by atoms with E-state index in [1.165, 1.54) is 212 Å². The molecule has 5 atom stereocenters. The Bertz CT molecular complexity index is 1760. The fourth-order valence-corrected chi connectivity index (χ4v) is 12.8. The number of hydrogen-bond donors (Lipinski definition) is 3. The van der Waals surface area contributed by atoms with Crippen LogP contribution in [0.4, 0.5) is 0 Å². The molecule has 0 aliphatic carbocycles. The van der Waals surface area contributed by atoms with E-state index >= 15 is 0 Å². The Morgan fingerprint density at radius 2 is 0.435 bits per heavy atom. The molecule has 0 bridgehead atoms. The van der Waals surface area contributed by atoms with Crippen LogP contribution in [-0.2, 0) is 65.4 Å². The molecular formula is C73H142O17P2. The van der Waals surface area contributed by atoms with Gasteiger partial charge in [-0.1, -0.05) is 336 Å². The second kappa shape index (κ2) is 67.6. The standard InChI is InChI=1S/C73H142O17P2/c1-5-9-13-17-21-25-28-30-32-33-34-35-37-39-41-44-48-52-56-60-73(78)90-69(64-84-71(76)58-54-50-46-43-40-38-36-31-29-26-22-18-14-10-6-2)66-88-92(81,82)86-62-67(74)61-85-91(79,80)87-65-68(63-83-70(75)57-53-49-45-24-20-16-12-8-4)89-72(77)59-55-51-47-42-27-23-19-15-11-7-3/h67-69,74H,5-66H2,1-4H3,(H,79,80)(H,81,82)/t67-,68+,69+/m0/s1. The van der Waals surface area contributed by atoms with Gasteiger partial charge in [-0.05, 0) is 25.7 Å². The number of phosphoric ester groups is 2. The minimum absolute atomic E-state index is 0.107. The molecule has 0 aliphatic heterocycles. The number of rotatable bonds is 74. The zero-order valence-electron chi connectivity index (χ0n) is 59.5. The van der Waals surface area contributed by atoms with Crippen LogP contribution < -0.4 is 0 Å². The van der Waals surface area contributed by atoms with Crippen molar-refractivity contribution in [1.82, 2.24) is 0 Å². The molecular weight excluding hydrogens is 1210 g/mol. The van der Waals surface area contributed by atoms with Crippen molar-refractivity contribution >= 4 is 39.5 Å². The molecule has 0 spiro atoms. The van der Waals surface area contributed by atoms with E-state index in [0.717, 1.165) is 96.3 Å². The van der Waals surface area contributed by atoms with Crippen molar-refractivity contribution in [2.75, 3.05) is 39.6 Å². The van der Waals surface area contributed by atoms with E-state index < -0.39 is 97.5 Å². The van der Waals surface area contributed by atoms with Crippen molar-refractivity contribution in [1.29, 1.82) is 0 Å². The third kappa shape index (κ3) is 66.7. The van der Waals surface area contributed by atoms with E-state index in [1.54, 1.807) is 0 Å². The highest BCUT2D eigenvalue weighted by Crippen LogP contribution is 2.45.